The van der Waals surface area contributed by atoms with Gasteiger partial charge in [0.05, 0.1) is 11.0 Å². The maximum atomic E-state index is 14.0. The smallest absolute Gasteiger partial charge is 0.407 e. The lowest BCUT2D eigenvalue weighted by Gasteiger charge is -2.28. The molecule has 2 aromatic rings. The number of rotatable bonds is 9. The van der Waals surface area contributed by atoms with Crippen LogP contribution in [0.2, 0.25) is 0 Å². The minimum atomic E-state index is -4.34. The lowest BCUT2D eigenvalue weighted by Crippen LogP contribution is -2.57. The highest BCUT2D eigenvalue weighted by Crippen LogP contribution is 2.23. The van der Waals surface area contributed by atoms with Gasteiger partial charge in [0.25, 0.3) is 11.6 Å². The molecular formula is C19H19F2N3O6. The Morgan fingerprint density at radius 3 is 2.27 bits per heavy atom. The number of nitrogens with two attached hydrogens (primary N) is 1. The van der Waals surface area contributed by atoms with Crippen LogP contribution in [0.1, 0.15) is 11.1 Å². The summed E-state index contributed by atoms with van der Waals surface area (Å²) in [5.74, 6) is -6.40. The number of carbonyl (C=O) groups is 2. The minimum Gasteiger partial charge on any atom is -0.445 e. The number of primary amides is 1. The molecule has 0 heterocycles. The molecule has 0 fully saturated rings. The lowest BCUT2D eigenvalue weighted by atomic mass is 9.96. The number of amides is 2. The number of nitro groups is 1. The average Bonchev–Trinajstić information content (AvgIpc) is 2.72. The summed E-state index contributed by atoms with van der Waals surface area (Å²) < 4.78 is 32.9. The topological polar surface area (TPSA) is 145 Å². The highest BCUT2D eigenvalue weighted by Gasteiger charge is 2.49. The van der Waals surface area contributed by atoms with Gasteiger partial charge in [-0.1, -0.05) is 42.5 Å². The molecule has 30 heavy (non-hydrogen) atoms. The van der Waals surface area contributed by atoms with Crippen molar-refractivity contribution in [3.8, 4) is 0 Å². The van der Waals surface area contributed by atoms with Crippen LogP contribution in [0.5, 0.6) is 0 Å². The van der Waals surface area contributed by atoms with Crippen LogP contribution in [-0.2, 0) is 22.6 Å². The molecular weight excluding hydrogens is 404 g/mol. The molecule has 0 saturated heterocycles. The van der Waals surface area contributed by atoms with Gasteiger partial charge < -0.3 is 20.9 Å². The van der Waals surface area contributed by atoms with E-state index in [1.54, 1.807) is 30.3 Å². The van der Waals surface area contributed by atoms with E-state index >= 15 is 0 Å². The number of aliphatic hydroxyl groups excluding tert-OH is 1. The summed E-state index contributed by atoms with van der Waals surface area (Å²) in [6.07, 6.45) is -4.14. The number of nitro benzene ring substituents is 1. The molecule has 0 spiro atoms. The van der Waals surface area contributed by atoms with Crippen molar-refractivity contribution in [1.29, 1.82) is 0 Å². The molecule has 0 radical (unpaired) electrons. The number of carbonyl (C=O) groups excluding carboxylic acids is 2. The SMILES string of the molecule is NC(=O)C(F)(F)C(O)C(Cc1ccc([N+](=O)[O-])cc1)NC(=O)OCc1ccccc1. The van der Waals surface area contributed by atoms with E-state index in [1.165, 1.54) is 12.1 Å². The highest BCUT2D eigenvalue weighted by molar-refractivity contribution is 5.82. The molecule has 0 bridgehead atoms. The average molecular weight is 423 g/mol. The zero-order valence-corrected chi connectivity index (χ0v) is 15.5. The number of hydrogen-bond donors (Lipinski definition) is 3. The fraction of sp³-hybridized carbons (Fsp3) is 0.263. The van der Waals surface area contributed by atoms with Crippen molar-refractivity contribution in [1.82, 2.24) is 5.32 Å². The maximum absolute atomic E-state index is 14.0. The Bertz CT molecular complexity index is 893. The van der Waals surface area contributed by atoms with E-state index in [0.717, 1.165) is 12.1 Å². The predicted octanol–water partition coefficient (Wildman–Crippen LogP) is 1.91. The van der Waals surface area contributed by atoms with Gasteiger partial charge >= 0.3 is 12.0 Å². The van der Waals surface area contributed by atoms with Crippen molar-refractivity contribution in [2.45, 2.75) is 31.1 Å². The number of aliphatic hydroxyl groups is 1. The van der Waals surface area contributed by atoms with E-state index in [0.29, 0.717) is 5.56 Å². The van der Waals surface area contributed by atoms with E-state index in [-0.39, 0.29) is 24.3 Å². The Kier molecular flexibility index (Phi) is 7.37. The standard InChI is InChI=1S/C19H19F2N3O6/c20-19(21,17(22)26)16(25)15(10-12-6-8-14(9-7-12)24(28)29)23-18(27)30-11-13-4-2-1-3-5-13/h1-9,15-16,25H,10-11H2,(H2,22,26)(H,23,27). The van der Waals surface area contributed by atoms with Gasteiger partial charge in [-0.15, -0.1) is 0 Å². The largest absolute Gasteiger partial charge is 0.445 e. The van der Waals surface area contributed by atoms with E-state index < -0.39 is 35.0 Å². The van der Waals surface area contributed by atoms with Gasteiger partial charge in [-0.3, -0.25) is 14.9 Å². The van der Waals surface area contributed by atoms with Crippen molar-refractivity contribution >= 4 is 17.7 Å². The second-order valence-electron chi connectivity index (χ2n) is 6.37. The Morgan fingerprint density at radius 1 is 1.13 bits per heavy atom. The Balaban J connectivity index is 2.14. The molecule has 11 heteroatoms. The maximum Gasteiger partial charge on any atom is 0.407 e. The number of hydrogen-bond acceptors (Lipinski definition) is 6. The number of halogens is 2. The van der Waals surface area contributed by atoms with Gasteiger partial charge in [-0.2, -0.15) is 8.78 Å². The van der Waals surface area contributed by atoms with Crippen LogP contribution < -0.4 is 11.1 Å². The molecule has 0 saturated carbocycles. The van der Waals surface area contributed by atoms with E-state index in [9.17, 15) is 33.6 Å². The summed E-state index contributed by atoms with van der Waals surface area (Å²) >= 11 is 0. The quantitative estimate of drug-likeness (QED) is 0.415. The third-order valence-corrected chi connectivity index (χ3v) is 4.20. The number of non-ortho nitro benzene ring substituents is 1. The number of ether oxygens (including phenoxy) is 1. The number of alkyl halides is 2. The lowest BCUT2D eigenvalue weighted by molar-refractivity contribution is -0.384. The highest BCUT2D eigenvalue weighted by atomic mass is 19.3. The molecule has 2 atom stereocenters. The van der Waals surface area contributed by atoms with Crippen molar-refractivity contribution < 1.29 is 33.1 Å². The summed E-state index contributed by atoms with van der Waals surface area (Å²) in [6.45, 7) is -0.154. The van der Waals surface area contributed by atoms with E-state index in [1.807, 2.05) is 0 Å². The van der Waals surface area contributed by atoms with Gasteiger partial charge in [0.15, 0.2) is 0 Å². The van der Waals surface area contributed by atoms with E-state index in [4.69, 9.17) is 4.74 Å². The van der Waals surface area contributed by atoms with Crippen molar-refractivity contribution in [2.75, 3.05) is 0 Å². The number of nitrogens with one attached hydrogen (secondary N) is 1. The van der Waals surface area contributed by atoms with Crippen molar-refractivity contribution in [3.05, 3.63) is 75.8 Å². The van der Waals surface area contributed by atoms with Gasteiger partial charge in [-0.25, -0.2) is 4.79 Å². The Labute approximate surface area is 169 Å². The third-order valence-electron chi connectivity index (χ3n) is 4.20. The number of benzene rings is 2. The molecule has 160 valence electrons. The third kappa shape index (κ3) is 5.95. The Hall–Kier alpha value is -3.60. The Morgan fingerprint density at radius 2 is 1.73 bits per heavy atom. The molecule has 2 aromatic carbocycles. The van der Waals surface area contributed by atoms with Crippen LogP contribution >= 0.6 is 0 Å². The summed E-state index contributed by atoms with van der Waals surface area (Å²) in [6, 6.07) is 11.7. The van der Waals surface area contributed by atoms with Crippen LogP contribution in [0.3, 0.4) is 0 Å². The van der Waals surface area contributed by atoms with Crippen LogP contribution in [-0.4, -0.2) is 40.1 Å². The van der Waals surface area contributed by atoms with Crippen LogP contribution in [0.15, 0.2) is 54.6 Å². The number of alkyl carbamates (subject to hydrolysis) is 1. The summed E-state index contributed by atoms with van der Waals surface area (Å²) in [7, 11) is 0. The zero-order valence-electron chi connectivity index (χ0n) is 15.5. The van der Waals surface area contributed by atoms with Gasteiger partial charge in [0.1, 0.15) is 12.7 Å². The zero-order chi connectivity index (χ0) is 22.3. The fourth-order valence-electron chi connectivity index (χ4n) is 2.56. The van der Waals surface area contributed by atoms with Crippen LogP contribution in [0.25, 0.3) is 0 Å². The normalized spacial score (nSPS) is 13.2. The molecule has 2 unspecified atom stereocenters. The van der Waals surface area contributed by atoms with Crippen molar-refractivity contribution in [3.63, 3.8) is 0 Å². The monoisotopic (exact) mass is 423 g/mol. The van der Waals surface area contributed by atoms with Crippen LogP contribution in [0.4, 0.5) is 19.3 Å². The van der Waals surface area contributed by atoms with Gasteiger partial charge in [0.2, 0.25) is 0 Å². The summed E-state index contributed by atoms with van der Waals surface area (Å²) in [5, 5.41) is 22.8. The minimum absolute atomic E-state index is 0.154. The predicted molar refractivity (Wildman–Crippen MR) is 100 cm³/mol. The fourth-order valence-corrected chi connectivity index (χ4v) is 2.56. The first kappa shape index (κ1) is 22.7. The van der Waals surface area contributed by atoms with Gasteiger partial charge in [0, 0.05) is 12.1 Å². The molecule has 0 aliphatic rings. The summed E-state index contributed by atoms with van der Waals surface area (Å²) in [4.78, 5) is 33.2. The second-order valence-corrected chi connectivity index (χ2v) is 6.37. The molecule has 0 aliphatic heterocycles. The molecule has 4 N–H and O–H groups in total. The molecule has 2 rings (SSSR count). The number of nitrogens with zero attached hydrogens (tertiary/aromatic N) is 1. The molecule has 0 aromatic heterocycles. The first-order valence-corrected chi connectivity index (χ1v) is 8.67. The van der Waals surface area contributed by atoms with Crippen molar-refractivity contribution in [2.24, 2.45) is 5.73 Å². The molecule has 2 amide bonds. The molecule has 9 nitrogen and oxygen atoms in total. The summed E-state index contributed by atoms with van der Waals surface area (Å²) in [5.41, 5.74) is 5.35. The van der Waals surface area contributed by atoms with Crippen LogP contribution in [0, 0.1) is 10.1 Å². The van der Waals surface area contributed by atoms with Gasteiger partial charge in [-0.05, 0) is 17.5 Å². The van der Waals surface area contributed by atoms with E-state index in [2.05, 4.69) is 11.1 Å². The molecule has 0 aliphatic carbocycles. The second kappa shape index (κ2) is 9.74. The first-order valence-electron chi connectivity index (χ1n) is 8.67. The first-order chi connectivity index (χ1) is 14.1.